The topological polar surface area (TPSA) is 49.9 Å². The number of H-pyrrole nitrogens is 1. The molecule has 0 atom stereocenters. The fourth-order valence-corrected chi connectivity index (χ4v) is 2.12. The van der Waals surface area contributed by atoms with Crippen molar-refractivity contribution in [1.29, 1.82) is 0 Å². The number of hydrogen-bond acceptors (Lipinski definition) is 2. The largest absolute Gasteiger partial charge is 0.317 e. The normalized spacial score (nSPS) is 11.3. The van der Waals surface area contributed by atoms with Crippen molar-refractivity contribution in [2.75, 3.05) is 0 Å². The first-order valence-corrected chi connectivity index (χ1v) is 5.68. The number of nitrogens with zero attached hydrogens (tertiary/aromatic N) is 4. The lowest BCUT2D eigenvalue weighted by Crippen LogP contribution is -2.31. The molecule has 4 heterocycles. The second-order valence-corrected chi connectivity index (χ2v) is 4.17. The molecule has 0 unspecified atom stereocenters. The molecule has 4 aromatic heterocycles. The molecule has 86 valence electrons. The van der Waals surface area contributed by atoms with Crippen LogP contribution in [-0.4, -0.2) is 19.5 Å². The average Bonchev–Trinajstić information content (AvgIpc) is 3.04. The van der Waals surface area contributed by atoms with E-state index < -0.39 is 0 Å². The molecule has 0 saturated heterocycles. The Hall–Kier alpha value is -2.69. The van der Waals surface area contributed by atoms with Gasteiger partial charge in [-0.15, -0.1) is 5.10 Å². The molecule has 0 fully saturated rings. The Kier molecular flexibility index (Phi) is 1.77. The Morgan fingerprint density at radius 1 is 1.22 bits per heavy atom. The molecule has 5 nitrogen and oxygen atoms in total. The summed E-state index contributed by atoms with van der Waals surface area (Å²) >= 11 is 0. The van der Waals surface area contributed by atoms with Gasteiger partial charge in [-0.25, -0.2) is 9.97 Å². The molecule has 4 aromatic rings. The summed E-state index contributed by atoms with van der Waals surface area (Å²) in [5.41, 5.74) is 3.06. The van der Waals surface area contributed by atoms with Crippen LogP contribution in [0.25, 0.3) is 22.2 Å². The van der Waals surface area contributed by atoms with Gasteiger partial charge < -0.3 is 4.40 Å². The Morgan fingerprint density at radius 2 is 2.22 bits per heavy atom. The Balaban J connectivity index is 1.94. The van der Waals surface area contributed by atoms with Crippen molar-refractivity contribution >= 4 is 16.6 Å². The van der Waals surface area contributed by atoms with E-state index in [4.69, 9.17) is 0 Å². The molecule has 0 aliphatic heterocycles. The molecule has 0 spiro atoms. The molecule has 0 saturated carbocycles. The lowest BCUT2D eigenvalue weighted by molar-refractivity contribution is -0.653. The molecular formula is C13H10N5+. The van der Waals surface area contributed by atoms with Crippen LogP contribution in [0.2, 0.25) is 0 Å². The molecular weight excluding hydrogens is 226 g/mol. The molecule has 0 bridgehead atoms. The van der Waals surface area contributed by atoms with Gasteiger partial charge in [-0.1, -0.05) is 4.68 Å². The summed E-state index contributed by atoms with van der Waals surface area (Å²) in [6, 6.07) is 8.25. The van der Waals surface area contributed by atoms with Crippen molar-refractivity contribution in [2.45, 2.75) is 0 Å². The SMILES string of the molecule is c1cc2ccc(-[n+]3cc4cncnc4[nH]3)cn2c1. The zero-order valence-corrected chi connectivity index (χ0v) is 9.49. The van der Waals surface area contributed by atoms with Gasteiger partial charge in [-0.05, 0) is 18.2 Å². The van der Waals surface area contributed by atoms with Crippen LogP contribution in [0, 0.1) is 0 Å². The molecule has 0 amide bonds. The number of pyridine rings is 1. The second kappa shape index (κ2) is 3.40. The first-order valence-electron chi connectivity index (χ1n) is 5.68. The van der Waals surface area contributed by atoms with Crippen molar-refractivity contribution in [3.8, 4) is 5.69 Å². The van der Waals surface area contributed by atoms with E-state index in [2.05, 4.69) is 43.9 Å². The molecule has 0 aliphatic rings. The number of fused-ring (bicyclic) bond motifs is 2. The van der Waals surface area contributed by atoms with Crippen LogP contribution in [0.5, 0.6) is 0 Å². The maximum absolute atomic E-state index is 4.19. The molecule has 0 aromatic carbocycles. The standard InChI is InChI=1S/C13H9N5/c1-2-11-3-4-12(8-17(11)5-1)18-7-10-6-14-9-15-13(10)16-18/h1-9H/p+1. The molecule has 1 N–H and O–H groups in total. The van der Waals surface area contributed by atoms with Crippen molar-refractivity contribution in [2.24, 2.45) is 0 Å². The first-order chi connectivity index (χ1) is 8.90. The highest BCUT2D eigenvalue weighted by atomic mass is 15.3. The van der Waals surface area contributed by atoms with Gasteiger partial charge in [0.25, 0.3) is 5.69 Å². The van der Waals surface area contributed by atoms with Gasteiger partial charge >= 0.3 is 0 Å². The van der Waals surface area contributed by atoms with E-state index in [0.717, 1.165) is 16.7 Å². The Morgan fingerprint density at radius 3 is 3.17 bits per heavy atom. The van der Waals surface area contributed by atoms with E-state index in [1.807, 2.05) is 23.1 Å². The smallest absolute Gasteiger partial charge is 0.252 e. The van der Waals surface area contributed by atoms with Gasteiger partial charge in [0, 0.05) is 24.0 Å². The molecule has 0 radical (unpaired) electrons. The summed E-state index contributed by atoms with van der Waals surface area (Å²) in [4.78, 5) is 8.20. The van der Waals surface area contributed by atoms with Crippen LogP contribution in [0.4, 0.5) is 0 Å². The highest BCUT2D eigenvalue weighted by Gasteiger charge is 2.12. The number of rotatable bonds is 1. The maximum Gasteiger partial charge on any atom is 0.252 e. The highest BCUT2D eigenvalue weighted by molar-refractivity contribution is 5.70. The summed E-state index contributed by atoms with van der Waals surface area (Å²) < 4.78 is 4.03. The zero-order chi connectivity index (χ0) is 11.9. The van der Waals surface area contributed by atoms with Gasteiger partial charge in [0.05, 0.1) is 6.20 Å². The molecule has 18 heavy (non-hydrogen) atoms. The maximum atomic E-state index is 4.19. The van der Waals surface area contributed by atoms with Crippen LogP contribution in [0.3, 0.4) is 0 Å². The number of aromatic nitrogens is 5. The number of hydrogen-bond donors (Lipinski definition) is 1. The fraction of sp³-hybridized carbons (Fsp3) is 0. The predicted molar refractivity (Wildman–Crippen MR) is 66.4 cm³/mol. The van der Waals surface area contributed by atoms with Gasteiger partial charge in [0.1, 0.15) is 11.7 Å². The van der Waals surface area contributed by atoms with Gasteiger partial charge in [-0.2, -0.15) is 0 Å². The van der Waals surface area contributed by atoms with Gasteiger partial charge in [0.2, 0.25) is 11.8 Å². The zero-order valence-electron chi connectivity index (χ0n) is 9.49. The van der Waals surface area contributed by atoms with Crippen LogP contribution in [-0.2, 0) is 0 Å². The minimum Gasteiger partial charge on any atom is -0.317 e. The summed E-state index contributed by atoms with van der Waals surface area (Å²) in [7, 11) is 0. The lowest BCUT2D eigenvalue weighted by atomic mass is 10.3. The molecule has 5 heteroatoms. The van der Waals surface area contributed by atoms with Gasteiger partial charge in [-0.3, -0.25) is 0 Å². The van der Waals surface area contributed by atoms with Crippen molar-refractivity contribution in [3.63, 3.8) is 0 Å². The van der Waals surface area contributed by atoms with Crippen molar-refractivity contribution < 1.29 is 4.68 Å². The van der Waals surface area contributed by atoms with Crippen LogP contribution < -0.4 is 4.68 Å². The van der Waals surface area contributed by atoms with Crippen LogP contribution >= 0.6 is 0 Å². The third kappa shape index (κ3) is 1.31. The third-order valence-electron chi connectivity index (χ3n) is 3.02. The Labute approximate surface area is 102 Å². The van der Waals surface area contributed by atoms with Crippen LogP contribution in [0.1, 0.15) is 0 Å². The Bertz CT molecular complexity index is 809. The minimum absolute atomic E-state index is 0.831. The van der Waals surface area contributed by atoms with E-state index in [1.165, 1.54) is 11.8 Å². The monoisotopic (exact) mass is 236 g/mol. The fourth-order valence-electron chi connectivity index (χ4n) is 2.12. The number of aromatic amines is 1. The van der Waals surface area contributed by atoms with Crippen molar-refractivity contribution in [3.05, 3.63) is 55.4 Å². The summed E-state index contributed by atoms with van der Waals surface area (Å²) in [6.45, 7) is 0. The molecule has 0 aliphatic carbocycles. The quantitative estimate of drug-likeness (QED) is 0.509. The summed E-state index contributed by atoms with van der Waals surface area (Å²) in [6.07, 6.45) is 9.42. The minimum atomic E-state index is 0.831. The van der Waals surface area contributed by atoms with E-state index in [9.17, 15) is 0 Å². The highest BCUT2D eigenvalue weighted by Crippen LogP contribution is 2.09. The summed E-state index contributed by atoms with van der Waals surface area (Å²) in [5.74, 6) is 0. The average molecular weight is 236 g/mol. The van der Waals surface area contributed by atoms with E-state index in [0.29, 0.717) is 0 Å². The second-order valence-electron chi connectivity index (χ2n) is 4.17. The van der Waals surface area contributed by atoms with Crippen molar-refractivity contribution in [1.82, 2.24) is 19.5 Å². The lowest BCUT2D eigenvalue weighted by Gasteiger charge is -1.94. The first kappa shape index (κ1) is 9.35. The predicted octanol–water partition coefficient (Wildman–Crippen LogP) is 1.49. The van der Waals surface area contributed by atoms with Gasteiger partial charge in [0.15, 0.2) is 0 Å². The van der Waals surface area contributed by atoms with E-state index in [1.54, 1.807) is 6.20 Å². The van der Waals surface area contributed by atoms with Crippen LogP contribution in [0.15, 0.2) is 55.4 Å². The van der Waals surface area contributed by atoms with E-state index in [-0.39, 0.29) is 0 Å². The number of nitrogens with one attached hydrogen (secondary N) is 1. The van der Waals surface area contributed by atoms with E-state index >= 15 is 0 Å². The summed E-state index contributed by atoms with van der Waals surface area (Å²) in [5, 5.41) is 4.21. The third-order valence-corrected chi connectivity index (χ3v) is 3.02. The molecule has 4 rings (SSSR count).